The molecule has 0 fully saturated rings. The molecule has 0 unspecified atom stereocenters. The first kappa shape index (κ1) is 32.5. The zero-order valence-electron chi connectivity index (χ0n) is 25.3. The van der Waals surface area contributed by atoms with E-state index in [9.17, 15) is 14.4 Å². The summed E-state index contributed by atoms with van der Waals surface area (Å²) in [5.74, 6) is 0.0879. The molecule has 9 nitrogen and oxygen atoms in total. The van der Waals surface area contributed by atoms with Crippen molar-refractivity contribution in [2.24, 2.45) is 0 Å². The van der Waals surface area contributed by atoms with Gasteiger partial charge in [-0.2, -0.15) is 0 Å². The van der Waals surface area contributed by atoms with Crippen molar-refractivity contribution in [2.45, 2.75) is 85.0 Å². The Morgan fingerprint density at radius 1 is 0.714 bits per heavy atom. The Morgan fingerprint density at radius 3 is 1.93 bits per heavy atom. The summed E-state index contributed by atoms with van der Waals surface area (Å²) in [6.07, 6.45) is 12.2. The van der Waals surface area contributed by atoms with Crippen molar-refractivity contribution >= 4 is 22.9 Å². The van der Waals surface area contributed by atoms with Crippen molar-refractivity contribution in [3.8, 4) is 40.1 Å². The smallest absolute Gasteiger partial charge is 0.308 e. The second-order valence-electron chi connectivity index (χ2n) is 10.2. The Morgan fingerprint density at radius 2 is 1.33 bits per heavy atom. The Balaban J connectivity index is 1.79. The molecule has 228 valence electrons. The molecule has 1 aromatic heterocycles. The van der Waals surface area contributed by atoms with Gasteiger partial charge in [-0.15, -0.1) is 0 Å². The highest BCUT2D eigenvalue weighted by atomic mass is 16.6. The molecule has 0 atom stereocenters. The molecular formula is C33H42O9. The van der Waals surface area contributed by atoms with Crippen molar-refractivity contribution in [1.82, 2.24) is 0 Å². The van der Waals surface area contributed by atoms with Crippen LogP contribution in [0.15, 0.2) is 39.5 Å². The van der Waals surface area contributed by atoms with Gasteiger partial charge in [0.2, 0.25) is 5.75 Å². The first-order valence-electron chi connectivity index (χ1n) is 14.7. The van der Waals surface area contributed by atoms with Gasteiger partial charge in [-0.1, -0.05) is 64.7 Å². The molecule has 0 radical (unpaired) electrons. The zero-order valence-corrected chi connectivity index (χ0v) is 25.3. The van der Waals surface area contributed by atoms with E-state index in [-0.39, 0.29) is 39.4 Å². The van der Waals surface area contributed by atoms with Gasteiger partial charge in [-0.05, 0) is 24.6 Å². The second-order valence-corrected chi connectivity index (χ2v) is 10.2. The van der Waals surface area contributed by atoms with E-state index < -0.39 is 11.9 Å². The number of fused-ring (bicyclic) bond motifs is 1. The molecule has 42 heavy (non-hydrogen) atoms. The van der Waals surface area contributed by atoms with Crippen LogP contribution in [-0.2, 0) is 9.59 Å². The molecule has 0 aliphatic carbocycles. The Labute approximate surface area is 247 Å². The maximum atomic E-state index is 13.3. The number of esters is 2. The molecule has 1 heterocycles. The minimum absolute atomic E-state index is 0.0174. The number of rotatable bonds is 17. The number of ether oxygens (including phenoxy) is 5. The maximum absolute atomic E-state index is 13.3. The van der Waals surface area contributed by atoms with Crippen LogP contribution >= 0.6 is 0 Å². The predicted octanol–water partition coefficient (Wildman–Crippen LogP) is 7.63. The van der Waals surface area contributed by atoms with Crippen molar-refractivity contribution in [1.29, 1.82) is 0 Å². The van der Waals surface area contributed by atoms with Crippen LogP contribution in [0.25, 0.3) is 22.3 Å². The first-order chi connectivity index (χ1) is 20.3. The van der Waals surface area contributed by atoms with Crippen molar-refractivity contribution < 1.29 is 37.7 Å². The fourth-order valence-corrected chi connectivity index (χ4v) is 4.77. The zero-order chi connectivity index (χ0) is 30.5. The van der Waals surface area contributed by atoms with Gasteiger partial charge in [0, 0.05) is 31.5 Å². The Bertz CT molecular complexity index is 1410. The molecular weight excluding hydrogens is 540 g/mol. The van der Waals surface area contributed by atoms with E-state index in [0.717, 1.165) is 19.3 Å². The maximum Gasteiger partial charge on any atom is 0.308 e. The molecule has 0 aliphatic rings. The number of benzene rings is 2. The third kappa shape index (κ3) is 8.99. The van der Waals surface area contributed by atoms with E-state index in [2.05, 4.69) is 6.92 Å². The molecule has 0 saturated carbocycles. The molecule has 0 N–H and O–H groups in total. The van der Waals surface area contributed by atoms with Crippen LogP contribution in [0, 0.1) is 0 Å². The third-order valence-corrected chi connectivity index (χ3v) is 6.80. The van der Waals surface area contributed by atoms with Crippen LogP contribution < -0.4 is 29.1 Å². The molecule has 9 heteroatoms. The lowest BCUT2D eigenvalue weighted by Gasteiger charge is -2.16. The van der Waals surface area contributed by atoms with Crippen LogP contribution in [0.5, 0.6) is 28.7 Å². The van der Waals surface area contributed by atoms with E-state index in [1.165, 1.54) is 91.2 Å². The monoisotopic (exact) mass is 582 g/mol. The molecule has 0 spiro atoms. The molecule has 0 amide bonds. The highest BCUT2D eigenvalue weighted by molar-refractivity contribution is 5.90. The van der Waals surface area contributed by atoms with Gasteiger partial charge in [-0.3, -0.25) is 14.4 Å². The molecule has 2 aromatic carbocycles. The minimum atomic E-state index is -0.597. The largest absolute Gasteiger partial charge is 0.493 e. The van der Waals surface area contributed by atoms with E-state index in [1.54, 1.807) is 12.1 Å². The van der Waals surface area contributed by atoms with Crippen molar-refractivity contribution in [3.05, 3.63) is 40.6 Å². The number of hydrogen-bond donors (Lipinski definition) is 0. The molecule has 0 aliphatic heterocycles. The van der Waals surface area contributed by atoms with Crippen LogP contribution in [-0.4, -0.2) is 32.8 Å². The number of unbranched alkanes of at least 4 members (excludes halogenated alkanes) is 9. The van der Waals surface area contributed by atoms with Gasteiger partial charge in [0.15, 0.2) is 28.4 Å². The average Bonchev–Trinajstić information content (AvgIpc) is 2.95. The predicted molar refractivity (Wildman–Crippen MR) is 161 cm³/mol. The molecule has 3 rings (SSSR count). The number of hydrogen-bond acceptors (Lipinski definition) is 9. The van der Waals surface area contributed by atoms with Gasteiger partial charge >= 0.3 is 11.9 Å². The highest BCUT2D eigenvalue weighted by Crippen LogP contribution is 2.43. The molecule has 3 aromatic rings. The Hall–Kier alpha value is -4.01. The van der Waals surface area contributed by atoms with Gasteiger partial charge < -0.3 is 28.1 Å². The fourth-order valence-electron chi connectivity index (χ4n) is 4.77. The van der Waals surface area contributed by atoms with Crippen LogP contribution in [0.2, 0.25) is 0 Å². The first-order valence-corrected chi connectivity index (χ1v) is 14.7. The summed E-state index contributed by atoms with van der Waals surface area (Å²) in [5.41, 5.74) is 0.309. The number of methoxy groups -OCH3 is 2. The normalized spacial score (nSPS) is 10.9. The van der Waals surface area contributed by atoms with Crippen LogP contribution in [0.1, 0.15) is 85.0 Å². The van der Waals surface area contributed by atoms with Gasteiger partial charge in [0.25, 0.3) is 0 Å². The number of carbonyl (C=O) groups excluding carboxylic acids is 2. The van der Waals surface area contributed by atoms with E-state index in [4.69, 9.17) is 28.1 Å². The summed E-state index contributed by atoms with van der Waals surface area (Å²) in [4.78, 5) is 36.4. The third-order valence-electron chi connectivity index (χ3n) is 6.80. The molecule has 0 bridgehead atoms. The SMILES string of the molecule is CCCCCCCCCCCCOc1c(OC)cc2oc(-c3ccc(OC(C)=O)c(OC(C)=O)c3)cc(=O)c2c1OC. The lowest BCUT2D eigenvalue weighted by molar-refractivity contribution is -0.134. The van der Waals surface area contributed by atoms with Gasteiger partial charge in [0.05, 0.1) is 20.8 Å². The van der Waals surface area contributed by atoms with Crippen LogP contribution in [0.3, 0.4) is 0 Å². The fraction of sp³-hybridized carbons (Fsp3) is 0.485. The summed E-state index contributed by atoms with van der Waals surface area (Å²) in [6.45, 7) is 5.17. The lowest BCUT2D eigenvalue weighted by atomic mass is 10.1. The number of carbonyl (C=O) groups is 2. The summed E-state index contributed by atoms with van der Waals surface area (Å²) in [6, 6.07) is 7.43. The van der Waals surface area contributed by atoms with Gasteiger partial charge in [0.1, 0.15) is 16.7 Å². The van der Waals surface area contributed by atoms with E-state index in [0.29, 0.717) is 23.7 Å². The van der Waals surface area contributed by atoms with Gasteiger partial charge in [-0.25, -0.2) is 0 Å². The van der Waals surface area contributed by atoms with Crippen molar-refractivity contribution in [2.75, 3.05) is 20.8 Å². The van der Waals surface area contributed by atoms with Crippen molar-refractivity contribution in [3.63, 3.8) is 0 Å². The summed E-state index contributed by atoms with van der Waals surface area (Å²) < 4.78 is 33.7. The average molecular weight is 583 g/mol. The summed E-state index contributed by atoms with van der Waals surface area (Å²) >= 11 is 0. The van der Waals surface area contributed by atoms with E-state index >= 15 is 0 Å². The highest BCUT2D eigenvalue weighted by Gasteiger charge is 2.22. The minimum Gasteiger partial charge on any atom is -0.493 e. The Kier molecular flexibility index (Phi) is 12.7. The quantitative estimate of drug-likeness (QED) is 0.0901. The summed E-state index contributed by atoms with van der Waals surface area (Å²) in [7, 11) is 2.98. The topological polar surface area (TPSA) is 110 Å². The standard InChI is InChI=1S/C33H42O9/c1-6-7-8-9-10-11-12-13-14-15-18-39-32-30(37-4)21-29-31(33(32)38-5)25(36)20-27(42-29)24-16-17-26(40-22(2)34)28(19-24)41-23(3)35/h16-17,19-21H,6-15,18H2,1-5H3. The van der Waals surface area contributed by atoms with E-state index in [1.807, 2.05) is 0 Å². The second kappa shape index (κ2) is 16.4. The molecule has 0 saturated heterocycles. The lowest BCUT2D eigenvalue weighted by Crippen LogP contribution is -2.08. The van der Waals surface area contributed by atoms with Crippen LogP contribution in [0.4, 0.5) is 0 Å². The summed E-state index contributed by atoms with van der Waals surface area (Å²) in [5, 5.41) is 0.219.